The second-order valence-electron chi connectivity index (χ2n) is 8.21. The molecule has 0 bridgehead atoms. The number of benzene rings is 1. The first-order valence-corrected chi connectivity index (χ1v) is 9.77. The van der Waals surface area contributed by atoms with Gasteiger partial charge in [-0.3, -0.25) is 10.1 Å². The first-order chi connectivity index (χ1) is 12.8. The van der Waals surface area contributed by atoms with Crippen LogP contribution in [0.3, 0.4) is 0 Å². The van der Waals surface area contributed by atoms with Crippen molar-refractivity contribution in [3.8, 4) is 0 Å². The Morgan fingerprint density at radius 3 is 2.59 bits per heavy atom. The molecule has 150 valence electrons. The van der Waals surface area contributed by atoms with E-state index in [0.29, 0.717) is 25.3 Å². The highest BCUT2D eigenvalue weighted by Gasteiger charge is 2.29. The van der Waals surface area contributed by atoms with Gasteiger partial charge in [-0.25, -0.2) is 4.79 Å². The Kier molecular flexibility index (Phi) is 7.66. The fourth-order valence-electron chi connectivity index (χ4n) is 3.54. The van der Waals surface area contributed by atoms with Crippen molar-refractivity contribution < 1.29 is 14.3 Å². The number of hydrogen-bond acceptors (Lipinski definition) is 4. The van der Waals surface area contributed by atoms with E-state index in [1.807, 2.05) is 23.1 Å². The molecule has 2 amide bonds. The van der Waals surface area contributed by atoms with Crippen LogP contribution in [-0.2, 0) is 16.1 Å². The zero-order valence-electron chi connectivity index (χ0n) is 16.8. The van der Waals surface area contributed by atoms with Gasteiger partial charge in [-0.15, -0.1) is 0 Å². The van der Waals surface area contributed by atoms with Gasteiger partial charge >= 0.3 is 6.09 Å². The van der Waals surface area contributed by atoms with E-state index in [-0.39, 0.29) is 17.2 Å². The average Bonchev–Trinajstić information content (AvgIpc) is 2.67. The van der Waals surface area contributed by atoms with Crippen LogP contribution in [0.25, 0.3) is 0 Å². The van der Waals surface area contributed by atoms with Crippen molar-refractivity contribution in [2.24, 2.45) is 17.1 Å². The summed E-state index contributed by atoms with van der Waals surface area (Å²) in [5.41, 5.74) is 7.40. The number of nitrogens with two attached hydrogens (primary N) is 1. The third-order valence-electron chi connectivity index (χ3n) is 5.17. The summed E-state index contributed by atoms with van der Waals surface area (Å²) in [6, 6.07) is 7.53. The summed E-state index contributed by atoms with van der Waals surface area (Å²) in [5.74, 6) is 0.339. The van der Waals surface area contributed by atoms with Gasteiger partial charge < -0.3 is 15.4 Å². The number of rotatable bonds is 7. The van der Waals surface area contributed by atoms with E-state index in [0.717, 1.165) is 31.2 Å². The third kappa shape index (κ3) is 6.54. The van der Waals surface area contributed by atoms with Crippen LogP contribution in [-0.4, -0.2) is 37.1 Å². The number of nitrogens with one attached hydrogen (secondary N) is 1. The standard InChI is InChI=1S/C21H33N3O3/c1-21(2,14-22)15-24(19(25)17-9-5-4-6-10-17)13-16-8-7-11-18(12-16)23-20(26)27-3/h7-8,11-12,17H,4-6,9-10,13-15,22H2,1-3H3,(H,23,26). The van der Waals surface area contributed by atoms with E-state index < -0.39 is 6.09 Å². The highest BCUT2D eigenvalue weighted by Crippen LogP contribution is 2.28. The van der Waals surface area contributed by atoms with Crippen LogP contribution >= 0.6 is 0 Å². The maximum absolute atomic E-state index is 13.2. The zero-order chi connectivity index (χ0) is 19.9. The van der Waals surface area contributed by atoms with Crippen LogP contribution in [0.15, 0.2) is 24.3 Å². The molecule has 1 aromatic carbocycles. The Balaban J connectivity index is 2.16. The number of hydrogen-bond donors (Lipinski definition) is 2. The SMILES string of the molecule is COC(=O)Nc1cccc(CN(CC(C)(C)CN)C(=O)C2CCCCC2)c1. The summed E-state index contributed by atoms with van der Waals surface area (Å²) in [6.07, 6.45) is 4.92. The first-order valence-electron chi connectivity index (χ1n) is 9.77. The summed E-state index contributed by atoms with van der Waals surface area (Å²) >= 11 is 0. The van der Waals surface area contributed by atoms with Crippen LogP contribution < -0.4 is 11.1 Å². The lowest BCUT2D eigenvalue weighted by atomic mass is 9.86. The van der Waals surface area contributed by atoms with Crippen molar-refractivity contribution in [2.75, 3.05) is 25.5 Å². The molecule has 0 spiro atoms. The third-order valence-corrected chi connectivity index (χ3v) is 5.17. The Morgan fingerprint density at radius 1 is 1.26 bits per heavy atom. The average molecular weight is 376 g/mol. The van der Waals surface area contributed by atoms with E-state index in [1.165, 1.54) is 13.5 Å². The lowest BCUT2D eigenvalue weighted by molar-refractivity contribution is -0.138. The van der Waals surface area contributed by atoms with Gasteiger partial charge in [0.15, 0.2) is 0 Å². The number of methoxy groups -OCH3 is 1. The minimum atomic E-state index is -0.508. The number of ether oxygens (including phenoxy) is 1. The summed E-state index contributed by atoms with van der Waals surface area (Å²) in [7, 11) is 1.33. The molecule has 1 aliphatic carbocycles. The molecule has 6 heteroatoms. The van der Waals surface area contributed by atoms with E-state index in [2.05, 4.69) is 23.9 Å². The van der Waals surface area contributed by atoms with Crippen molar-refractivity contribution >= 4 is 17.7 Å². The molecule has 0 atom stereocenters. The molecule has 0 radical (unpaired) electrons. The van der Waals surface area contributed by atoms with Crippen molar-refractivity contribution in [2.45, 2.75) is 52.5 Å². The molecule has 0 saturated heterocycles. The quantitative estimate of drug-likeness (QED) is 0.760. The number of amides is 2. The summed E-state index contributed by atoms with van der Waals surface area (Å²) < 4.78 is 4.64. The van der Waals surface area contributed by atoms with E-state index in [9.17, 15) is 9.59 Å². The van der Waals surface area contributed by atoms with Crippen LogP contribution in [0.2, 0.25) is 0 Å². The molecular weight excluding hydrogens is 342 g/mol. The molecule has 0 aromatic heterocycles. The number of nitrogens with zero attached hydrogens (tertiary/aromatic N) is 1. The lowest BCUT2D eigenvalue weighted by Gasteiger charge is -2.35. The molecule has 0 aliphatic heterocycles. The Morgan fingerprint density at radius 2 is 1.96 bits per heavy atom. The van der Waals surface area contributed by atoms with Gasteiger partial charge in [0.2, 0.25) is 5.91 Å². The van der Waals surface area contributed by atoms with Gasteiger partial charge in [0.1, 0.15) is 0 Å². The zero-order valence-corrected chi connectivity index (χ0v) is 16.8. The fraction of sp³-hybridized carbons (Fsp3) is 0.619. The van der Waals surface area contributed by atoms with Gasteiger partial charge in [0.25, 0.3) is 0 Å². The van der Waals surface area contributed by atoms with Gasteiger partial charge in [-0.1, -0.05) is 45.2 Å². The second kappa shape index (κ2) is 9.74. The molecule has 0 heterocycles. The molecule has 27 heavy (non-hydrogen) atoms. The van der Waals surface area contributed by atoms with E-state index >= 15 is 0 Å². The monoisotopic (exact) mass is 375 g/mol. The Bertz CT molecular complexity index is 639. The largest absolute Gasteiger partial charge is 0.453 e. The summed E-state index contributed by atoms with van der Waals surface area (Å²) in [6.45, 7) is 5.82. The molecule has 1 fully saturated rings. The van der Waals surface area contributed by atoms with Crippen LogP contribution in [0.1, 0.15) is 51.5 Å². The Labute approximate surface area is 162 Å². The number of carbonyl (C=O) groups excluding carboxylic acids is 2. The predicted octanol–water partition coefficient (Wildman–Crippen LogP) is 3.76. The topological polar surface area (TPSA) is 84.7 Å². The number of anilines is 1. The van der Waals surface area contributed by atoms with Crippen LogP contribution in [0, 0.1) is 11.3 Å². The van der Waals surface area contributed by atoms with E-state index in [1.54, 1.807) is 6.07 Å². The van der Waals surface area contributed by atoms with Crippen molar-refractivity contribution in [3.63, 3.8) is 0 Å². The molecule has 0 unspecified atom stereocenters. The van der Waals surface area contributed by atoms with Crippen molar-refractivity contribution in [3.05, 3.63) is 29.8 Å². The smallest absolute Gasteiger partial charge is 0.411 e. The van der Waals surface area contributed by atoms with Gasteiger partial charge in [0.05, 0.1) is 7.11 Å². The molecular formula is C21H33N3O3. The number of carbonyl (C=O) groups is 2. The fourth-order valence-corrected chi connectivity index (χ4v) is 3.54. The van der Waals surface area contributed by atoms with Gasteiger partial charge in [-0.05, 0) is 42.5 Å². The molecule has 6 nitrogen and oxygen atoms in total. The molecule has 2 rings (SSSR count). The van der Waals surface area contributed by atoms with Crippen LogP contribution in [0.4, 0.5) is 10.5 Å². The first kappa shape index (κ1) is 21.2. The normalized spacial score (nSPS) is 15.3. The maximum atomic E-state index is 13.2. The minimum absolute atomic E-state index is 0.115. The second-order valence-corrected chi connectivity index (χ2v) is 8.21. The van der Waals surface area contributed by atoms with Crippen LogP contribution in [0.5, 0.6) is 0 Å². The minimum Gasteiger partial charge on any atom is -0.453 e. The highest BCUT2D eigenvalue weighted by atomic mass is 16.5. The van der Waals surface area contributed by atoms with Gasteiger partial charge in [0, 0.05) is 24.7 Å². The summed E-state index contributed by atoms with van der Waals surface area (Å²) in [4.78, 5) is 26.6. The Hall–Kier alpha value is -2.08. The lowest BCUT2D eigenvalue weighted by Crippen LogP contribution is -2.44. The van der Waals surface area contributed by atoms with Crippen molar-refractivity contribution in [1.82, 2.24) is 4.90 Å². The predicted molar refractivity (Wildman–Crippen MR) is 107 cm³/mol. The summed E-state index contributed by atoms with van der Waals surface area (Å²) in [5, 5.41) is 2.67. The highest BCUT2D eigenvalue weighted by molar-refractivity contribution is 5.84. The molecule has 1 saturated carbocycles. The molecule has 3 N–H and O–H groups in total. The van der Waals surface area contributed by atoms with Gasteiger partial charge in [-0.2, -0.15) is 0 Å². The maximum Gasteiger partial charge on any atom is 0.411 e. The van der Waals surface area contributed by atoms with E-state index in [4.69, 9.17) is 5.73 Å². The molecule has 1 aliphatic rings. The molecule has 1 aromatic rings. The van der Waals surface area contributed by atoms with Crippen molar-refractivity contribution in [1.29, 1.82) is 0 Å².